The predicted octanol–water partition coefficient (Wildman–Crippen LogP) is 3.05. The van der Waals surface area contributed by atoms with Crippen molar-refractivity contribution in [1.82, 2.24) is 5.32 Å². The van der Waals surface area contributed by atoms with Crippen LogP contribution in [-0.2, 0) is 4.79 Å². The van der Waals surface area contributed by atoms with Gasteiger partial charge in [-0.25, -0.2) is 4.39 Å². The summed E-state index contributed by atoms with van der Waals surface area (Å²) in [4.78, 5) is 12.1. The molecule has 110 valence electrons. The first kappa shape index (κ1) is 15.0. The maximum atomic E-state index is 13.6. The number of hydrogen-bond donors (Lipinski definition) is 2. The van der Waals surface area contributed by atoms with E-state index < -0.39 is 0 Å². The minimum Gasteiger partial charge on any atom is -0.349 e. The minimum atomic E-state index is -0.378. The molecule has 0 bridgehead atoms. The van der Waals surface area contributed by atoms with Gasteiger partial charge in [0.1, 0.15) is 5.82 Å². The van der Waals surface area contributed by atoms with Gasteiger partial charge in [-0.3, -0.25) is 4.79 Å². The third-order valence-electron chi connectivity index (χ3n) is 4.11. The van der Waals surface area contributed by atoms with Crippen molar-refractivity contribution in [2.45, 2.75) is 57.0 Å². The van der Waals surface area contributed by atoms with E-state index in [4.69, 9.17) is 5.73 Å². The highest BCUT2D eigenvalue weighted by molar-refractivity contribution is 5.77. The highest BCUT2D eigenvalue weighted by Gasteiger charge is 2.30. The zero-order valence-corrected chi connectivity index (χ0v) is 12.0. The van der Waals surface area contributed by atoms with Gasteiger partial charge in [-0.15, -0.1) is 0 Å². The van der Waals surface area contributed by atoms with Crippen LogP contribution in [0, 0.1) is 5.82 Å². The quantitative estimate of drug-likeness (QED) is 0.889. The molecule has 20 heavy (non-hydrogen) atoms. The van der Waals surface area contributed by atoms with Gasteiger partial charge in [0.25, 0.3) is 0 Å². The molecule has 1 aliphatic rings. The second-order valence-corrected chi connectivity index (χ2v) is 5.91. The Morgan fingerprint density at radius 2 is 2.00 bits per heavy atom. The molecule has 1 fully saturated rings. The number of halogens is 1. The van der Waals surface area contributed by atoms with E-state index in [-0.39, 0.29) is 23.3 Å². The number of rotatable bonds is 4. The molecule has 3 nitrogen and oxygen atoms in total. The van der Waals surface area contributed by atoms with Crippen LogP contribution in [0.25, 0.3) is 0 Å². The van der Waals surface area contributed by atoms with E-state index in [9.17, 15) is 9.18 Å². The van der Waals surface area contributed by atoms with Gasteiger partial charge in [0.2, 0.25) is 5.91 Å². The Morgan fingerprint density at radius 3 is 2.65 bits per heavy atom. The topological polar surface area (TPSA) is 55.1 Å². The fourth-order valence-corrected chi connectivity index (χ4v) is 2.95. The Labute approximate surface area is 119 Å². The van der Waals surface area contributed by atoms with Crippen molar-refractivity contribution in [3.63, 3.8) is 0 Å². The molecule has 1 saturated carbocycles. The fourth-order valence-electron chi connectivity index (χ4n) is 2.95. The number of hydrogen-bond acceptors (Lipinski definition) is 2. The zero-order valence-electron chi connectivity index (χ0n) is 12.0. The van der Waals surface area contributed by atoms with Crippen molar-refractivity contribution >= 4 is 5.91 Å². The van der Waals surface area contributed by atoms with Gasteiger partial charge >= 0.3 is 0 Å². The number of carbonyl (C=O) groups excluding carboxylic acids is 1. The molecule has 0 aromatic heterocycles. The summed E-state index contributed by atoms with van der Waals surface area (Å²) in [6, 6.07) is 6.18. The first-order valence-corrected chi connectivity index (χ1v) is 7.33. The van der Waals surface area contributed by atoms with Crippen molar-refractivity contribution in [1.29, 1.82) is 0 Å². The number of benzene rings is 1. The van der Waals surface area contributed by atoms with Crippen molar-refractivity contribution in [2.75, 3.05) is 0 Å². The molecule has 1 atom stereocenters. The molecule has 1 amide bonds. The van der Waals surface area contributed by atoms with E-state index in [1.807, 2.05) is 0 Å². The number of nitrogens with one attached hydrogen (secondary N) is 1. The fraction of sp³-hybridized carbons (Fsp3) is 0.562. The summed E-state index contributed by atoms with van der Waals surface area (Å²) >= 11 is 0. The van der Waals surface area contributed by atoms with E-state index in [0.29, 0.717) is 12.0 Å². The third-order valence-corrected chi connectivity index (χ3v) is 4.11. The molecule has 1 aromatic rings. The molecular formula is C16H23FN2O. The molecule has 1 unspecified atom stereocenters. The lowest BCUT2D eigenvalue weighted by Gasteiger charge is -2.33. The van der Waals surface area contributed by atoms with Gasteiger partial charge < -0.3 is 11.1 Å². The molecule has 4 heteroatoms. The van der Waals surface area contributed by atoms with Crippen molar-refractivity contribution < 1.29 is 9.18 Å². The van der Waals surface area contributed by atoms with Gasteiger partial charge in [0.05, 0.1) is 6.04 Å². The molecule has 0 heterocycles. The van der Waals surface area contributed by atoms with Crippen LogP contribution in [0.2, 0.25) is 0 Å². The summed E-state index contributed by atoms with van der Waals surface area (Å²) in [5, 5.41) is 2.85. The van der Waals surface area contributed by atoms with Crippen LogP contribution in [-0.4, -0.2) is 11.4 Å². The van der Waals surface area contributed by atoms with E-state index in [0.717, 1.165) is 25.7 Å². The third kappa shape index (κ3) is 3.79. The lowest BCUT2D eigenvalue weighted by Crippen LogP contribution is -2.46. The monoisotopic (exact) mass is 278 g/mol. The summed E-state index contributed by atoms with van der Waals surface area (Å²) in [5.41, 5.74) is 6.40. The molecule has 0 saturated heterocycles. The predicted molar refractivity (Wildman–Crippen MR) is 77.6 cm³/mol. The van der Waals surface area contributed by atoms with Gasteiger partial charge in [-0.2, -0.15) is 0 Å². The van der Waals surface area contributed by atoms with E-state index >= 15 is 0 Å². The van der Waals surface area contributed by atoms with E-state index in [2.05, 4.69) is 5.32 Å². The van der Waals surface area contributed by atoms with Gasteiger partial charge in [-0.1, -0.05) is 37.5 Å². The summed E-state index contributed by atoms with van der Waals surface area (Å²) in [5.74, 6) is -0.384. The summed E-state index contributed by atoms with van der Waals surface area (Å²) < 4.78 is 13.6. The molecule has 0 aliphatic heterocycles. The summed E-state index contributed by atoms with van der Waals surface area (Å²) in [6.45, 7) is 1.79. The first-order valence-electron chi connectivity index (χ1n) is 7.33. The maximum Gasteiger partial charge on any atom is 0.222 e. The standard InChI is InChI=1S/C16H23FN2O/c1-12(13-7-3-4-8-14(13)17)19-15(20)11-16(18)9-5-2-6-10-16/h3-4,7-8,12H,2,5-6,9-11,18H2,1H3,(H,19,20). The number of nitrogens with two attached hydrogens (primary N) is 1. The van der Waals surface area contributed by atoms with Crippen LogP contribution in [0.15, 0.2) is 24.3 Å². The first-order chi connectivity index (χ1) is 9.50. The second-order valence-electron chi connectivity index (χ2n) is 5.91. The SMILES string of the molecule is CC(NC(=O)CC1(N)CCCCC1)c1ccccc1F. The average Bonchev–Trinajstić information content (AvgIpc) is 2.39. The zero-order chi connectivity index (χ0) is 14.6. The van der Waals surface area contributed by atoms with Crippen LogP contribution in [0.4, 0.5) is 4.39 Å². The van der Waals surface area contributed by atoms with Gasteiger partial charge in [-0.05, 0) is 25.8 Å². The van der Waals surface area contributed by atoms with E-state index in [1.165, 1.54) is 12.5 Å². The lowest BCUT2D eigenvalue weighted by atomic mass is 9.80. The van der Waals surface area contributed by atoms with Crippen molar-refractivity contribution in [3.8, 4) is 0 Å². The van der Waals surface area contributed by atoms with Crippen LogP contribution in [0.5, 0.6) is 0 Å². The molecule has 1 aromatic carbocycles. The molecule has 2 rings (SSSR count). The highest BCUT2D eigenvalue weighted by atomic mass is 19.1. The Hall–Kier alpha value is -1.42. The van der Waals surface area contributed by atoms with Crippen molar-refractivity contribution in [3.05, 3.63) is 35.6 Å². The number of amides is 1. The largest absolute Gasteiger partial charge is 0.349 e. The minimum absolute atomic E-state index is 0.0925. The van der Waals surface area contributed by atoms with E-state index in [1.54, 1.807) is 25.1 Å². The van der Waals surface area contributed by atoms with Crippen LogP contribution >= 0.6 is 0 Å². The number of carbonyl (C=O) groups is 1. The van der Waals surface area contributed by atoms with Crippen LogP contribution in [0.1, 0.15) is 57.1 Å². The lowest BCUT2D eigenvalue weighted by molar-refractivity contribution is -0.123. The summed E-state index contributed by atoms with van der Waals surface area (Å²) in [6.07, 6.45) is 5.50. The van der Waals surface area contributed by atoms with Crippen molar-refractivity contribution in [2.24, 2.45) is 5.73 Å². The Kier molecular flexibility index (Phi) is 4.76. The Balaban J connectivity index is 1.92. The summed E-state index contributed by atoms with van der Waals surface area (Å²) in [7, 11) is 0. The smallest absolute Gasteiger partial charge is 0.222 e. The molecule has 3 N–H and O–H groups in total. The maximum absolute atomic E-state index is 13.6. The van der Waals surface area contributed by atoms with Gasteiger partial charge in [0.15, 0.2) is 0 Å². The molecule has 1 aliphatic carbocycles. The van der Waals surface area contributed by atoms with Gasteiger partial charge in [0, 0.05) is 17.5 Å². The molecular weight excluding hydrogens is 255 g/mol. The Bertz CT molecular complexity index is 469. The van der Waals surface area contributed by atoms with Crippen LogP contribution < -0.4 is 11.1 Å². The molecule has 0 radical (unpaired) electrons. The average molecular weight is 278 g/mol. The second kappa shape index (κ2) is 6.35. The Morgan fingerprint density at radius 1 is 1.35 bits per heavy atom. The van der Waals surface area contributed by atoms with Crippen LogP contribution in [0.3, 0.4) is 0 Å². The normalized spacial score (nSPS) is 19.4. The molecule has 0 spiro atoms. The highest BCUT2D eigenvalue weighted by Crippen LogP contribution is 2.29.